The summed E-state index contributed by atoms with van der Waals surface area (Å²) in [7, 11) is 0. The number of nitriles is 1. The Hall–Kier alpha value is -2.85. The Labute approximate surface area is 162 Å². The van der Waals surface area contributed by atoms with E-state index in [0.717, 1.165) is 5.56 Å². The first-order valence-corrected chi connectivity index (χ1v) is 8.90. The van der Waals surface area contributed by atoms with Gasteiger partial charge in [-0.2, -0.15) is 5.26 Å². The Balaban J connectivity index is 1.68. The molecule has 7 nitrogen and oxygen atoms in total. The molecular weight excluding hydrogens is 366 g/mol. The molecule has 1 saturated heterocycles. The highest BCUT2D eigenvalue weighted by Gasteiger charge is 2.34. The lowest BCUT2D eigenvalue weighted by Crippen LogP contribution is -2.50. The molecule has 3 heterocycles. The summed E-state index contributed by atoms with van der Waals surface area (Å²) >= 11 is 6.16. The summed E-state index contributed by atoms with van der Waals surface area (Å²) in [6, 6.07) is 9.00. The number of amides is 1. The number of likely N-dealkylation sites (tertiary alicyclic amines) is 1. The molecule has 27 heavy (non-hydrogen) atoms. The van der Waals surface area contributed by atoms with E-state index in [-0.39, 0.29) is 12.0 Å². The number of nitrogens with zero attached hydrogens (tertiary/aromatic N) is 4. The van der Waals surface area contributed by atoms with Crippen molar-refractivity contribution >= 4 is 29.3 Å². The van der Waals surface area contributed by atoms with Crippen LogP contribution in [0.1, 0.15) is 37.8 Å². The van der Waals surface area contributed by atoms with Crippen LogP contribution in [0.4, 0.5) is 16.4 Å². The molecule has 0 atom stereocenters. The van der Waals surface area contributed by atoms with E-state index in [1.165, 1.54) is 0 Å². The molecule has 1 N–H and O–H groups in total. The van der Waals surface area contributed by atoms with E-state index in [0.29, 0.717) is 35.4 Å². The van der Waals surface area contributed by atoms with Crippen LogP contribution in [0.25, 0.3) is 0 Å². The van der Waals surface area contributed by atoms with Gasteiger partial charge in [0.1, 0.15) is 22.4 Å². The zero-order valence-electron chi connectivity index (χ0n) is 15.4. The van der Waals surface area contributed by atoms with Gasteiger partial charge in [0.05, 0.1) is 11.6 Å². The van der Waals surface area contributed by atoms with Gasteiger partial charge in [-0.1, -0.05) is 11.6 Å². The number of carbonyl (C=O) groups is 1. The molecule has 2 aromatic rings. The first-order valence-electron chi connectivity index (χ1n) is 8.52. The van der Waals surface area contributed by atoms with Crippen LogP contribution >= 0.6 is 11.6 Å². The highest BCUT2D eigenvalue weighted by molar-refractivity contribution is 6.29. The molecule has 0 saturated carbocycles. The second kappa shape index (κ2) is 7.41. The zero-order chi connectivity index (χ0) is 19.6. The smallest absolute Gasteiger partial charge is 0.410 e. The molecule has 1 amide bonds. The fourth-order valence-corrected chi connectivity index (χ4v) is 2.90. The van der Waals surface area contributed by atoms with Crippen molar-refractivity contribution in [2.75, 3.05) is 18.4 Å². The average molecular weight is 386 g/mol. The maximum Gasteiger partial charge on any atom is 0.410 e. The molecular formula is C19H20ClN5O2. The van der Waals surface area contributed by atoms with Gasteiger partial charge in [-0.3, -0.25) is 0 Å². The molecule has 0 aliphatic carbocycles. The SMILES string of the molecule is CC(C)(C)OC(=O)N1CC(c2cc(Cl)nc(Nc3cc(C#N)ccn3)c2)C1. The first kappa shape index (κ1) is 18.9. The third-order valence-corrected chi connectivity index (χ3v) is 4.16. The normalized spacial score (nSPS) is 14.3. The third-order valence-electron chi connectivity index (χ3n) is 3.97. The monoisotopic (exact) mass is 385 g/mol. The van der Waals surface area contributed by atoms with Crippen molar-refractivity contribution in [1.29, 1.82) is 5.26 Å². The largest absolute Gasteiger partial charge is 0.444 e. The van der Waals surface area contributed by atoms with Crippen LogP contribution in [0.3, 0.4) is 0 Å². The van der Waals surface area contributed by atoms with Crippen LogP contribution in [0.15, 0.2) is 30.5 Å². The van der Waals surface area contributed by atoms with E-state index in [2.05, 4.69) is 21.4 Å². The Morgan fingerprint density at radius 3 is 2.74 bits per heavy atom. The first-order chi connectivity index (χ1) is 12.7. The molecule has 1 aliphatic rings. The van der Waals surface area contributed by atoms with Gasteiger partial charge in [-0.25, -0.2) is 14.8 Å². The Kier molecular flexibility index (Phi) is 5.19. The van der Waals surface area contributed by atoms with Gasteiger partial charge in [0, 0.05) is 25.2 Å². The number of hydrogen-bond donors (Lipinski definition) is 1. The van der Waals surface area contributed by atoms with Crippen molar-refractivity contribution in [3.8, 4) is 6.07 Å². The number of hydrogen-bond acceptors (Lipinski definition) is 6. The summed E-state index contributed by atoms with van der Waals surface area (Å²) < 4.78 is 5.38. The molecule has 3 rings (SSSR count). The van der Waals surface area contributed by atoms with Crippen molar-refractivity contribution in [1.82, 2.24) is 14.9 Å². The van der Waals surface area contributed by atoms with E-state index in [4.69, 9.17) is 21.6 Å². The van der Waals surface area contributed by atoms with Crippen LogP contribution in [0.2, 0.25) is 5.15 Å². The van der Waals surface area contributed by atoms with Gasteiger partial charge in [-0.05, 0) is 50.6 Å². The summed E-state index contributed by atoms with van der Waals surface area (Å²) in [5, 5.41) is 12.4. The molecule has 0 bridgehead atoms. The fourth-order valence-electron chi connectivity index (χ4n) is 2.68. The van der Waals surface area contributed by atoms with E-state index >= 15 is 0 Å². The van der Waals surface area contributed by atoms with Gasteiger partial charge in [0.15, 0.2) is 0 Å². The molecule has 0 radical (unpaired) electrons. The number of aromatic nitrogens is 2. The average Bonchev–Trinajstić information content (AvgIpc) is 2.51. The van der Waals surface area contributed by atoms with Crippen LogP contribution in [0.5, 0.6) is 0 Å². The van der Waals surface area contributed by atoms with Crippen molar-refractivity contribution in [2.45, 2.75) is 32.3 Å². The van der Waals surface area contributed by atoms with Gasteiger partial charge in [-0.15, -0.1) is 0 Å². The van der Waals surface area contributed by atoms with Crippen molar-refractivity contribution < 1.29 is 9.53 Å². The second-order valence-corrected chi connectivity index (χ2v) is 7.74. The number of carbonyl (C=O) groups excluding carboxylic acids is 1. The van der Waals surface area contributed by atoms with Crippen molar-refractivity contribution in [3.63, 3.8) is 0 Å². The van der Waals surface area contributed by atoms with Gasteiger partial charge < -0.3 is 15.0 Å². The van der Waals surface area contributed by atoms with Gasteiger partial charge in [0.25, 0.3) is 0 Å². The molecule has 140 valence electrons. The predicted molar refractivity (Wildman–Crippen MR) is 102 cm³/mol. The minimum atomic E-state index is -0.510. The van der Waals surface area contributed by atoms with Gasteiger partial charge in [0.2, 0.25) is 0 Å². The molecule has 2 aromatic heterocycles. The molecule has 0 unspecified atom stereocenters. The number of anilines is 2. The van der Waals surface area contributed by atoms with Crippen molar-refractivity contribution in [2.24, 2.45) is 0 Å². The number of rotatable bonds is 3. The number of halogens is 1. The van der Waals surface area contributed by atoms with E-state index in [9.17, 15) is 4.79 Å². The molecule has 1 fully saturated rings. The Morgan fingerprint density at radius 2 is 2.07 bits per heavy atom. The molecule has 8 heteroatoms. The predicted octanol–water partition coefficient (Wildman–Crippen LogP) is 4.08. The summed E-state index contributed by atoms with van der Waals surface area (Å²) in [5.41, 5.74) is 0.972. The van der Waals surface area contributed by atoms with Crippen LogP contribution in [-0.2, 0) is 4.74 Å². The number of nitrogens with one attached hydrogen (secondary N) is 1. The summed E-state index contributed by atoms with van der Waals surface area (Å²) in [4.78, 5) is 22.2. The Bertz CT molecular complexity index is 898. The van der Waals surface area contributed by atoms with Crippen LogP contribution < -0.4 is 5.32 Å². The fraction of sp³-hybridized carbons (Fsp3) is 0.368. The van der Waals surface area contributed by atoms with E-state index in [1.807, 2.05) is 26.8 Å². The molecule has 1 aliphatic heterocycles. The highest BCUT2D eigenvalue weighted by Crippen LogP contribution is 2.31. The number of ether oxygens (including phenoxy) is 1. The standard InChI is InChI=1S/C19H20ClN5O2/c1-19(2,3)27-18(26)25-10-14(11-25)13-7-15(20)23-17(8-13)24-16-6-12(9-21)4-5-22-16/h4-8,14H,10-11H2,1-3H3,(H,22,23,24). The maximum absolute atomic E-state index is 12.1. The van der Waals surface area contributed by atoms with Gasteiger partial charge >= 0.3 is 6.09 Å². The molecule has 0 spiro atoms. The maximum atomic E-state index is 12.1. The Morgan fingerprint density at radius 1 is 1.33 bits per heavy atom. The quantitative estimate of drug-likeness (QED) is 0.800. The minimum Gasteiger partial charge on any atom is -0.444 e. The summed E-state index contributed by atoms with van der Waals surface area (Å²) in [6.07, 6.45) is 1.24. The zero-order valence-corrected chi connectivity index (χ0v) is 16.1. The number of pyridine rings is 2. The highest BCUT2D eigenvalue weighted by atomic mass is 35.5. The lowest BCUT2D eigenvalue weighted by atomic mass is 9.92. The van der Waals surface area contributed by atoms with Crippen molar-refractivity contribution in [3.05, 3.63) is 46.7 Å². The van der Waals surface area contributed by atoms with E-state index in [1.54, 1.807) is 29.3 Å². The third kappa shape index (κ3) is 4.86. The lowest BCUT2D eigenvalue weighted by molar-refractivity contribution is 0.00820. The van der Waals surface area contributed by atoms with Crippen LogP contribution in [0, 0.1) is 11.3 Å². The second-order valence-electron chi connectivity index (χ2n) is 7.36. The lowest BCUT2D eigenvalue weighted by Gasteiger charge is -2.40. The summed E-state index contributed by atoms with van der Waals surface area (Å²) in [5.74, 6) is 1.21. The molecule has 0 aromatic carbocycles. The van der Waals surface area contributed by atoms with E-state index < -0.39 is 5.60 Å². The summed E-state index contributed by atoms with van der Waals surface area (Å²) in [6.45, 7) is 6.67. The topological polar surface area (TPSA) is 91.1 Å². The van der Waals surface area contributed by atoms with Crippen LogP contribution in [-0.4, -0.2) is 39.7 Å². The minimum absolute atomic E-state index is 0.164.